The van der Waals surface area contributed by atoms with Crippen LogP contribution in [0.3, 0.4) is 0 Å². The smallest absolute Gasteiger partial charge is 0.312 e. The van der Waals surface area contributed by atoms with E-state index < -0.39 is 11.8 Å². The minimum absolute atomic E-state index is 0.157. The molecule has 5 nitrogen and oxygen atoms in total. The lowest BCUT2D eigenvalue weighted by Crippen LogP contribution is -2.46. The fourth-order valence-corrected chi connectivity index (χ4v) is 1.35. The van der Waals surface area contributed by atoms with Crippen molar-refractivity contribution in [1.82, 2.24) is 9.80 Å². The molecule has 0 saturated heterocycles. The normalized spacial score (nSPS) is 9.53. The van der Waals surface area contributed by atoms with Gasteiger partial charge in [0.2, 0.25) is 0 Å². The molecule has 0 atom stereocenters. The van der Waals surface area contributed by atoms with Gasteiger partial charge in [0.05, 0.1) is 6.61 Å². The minimum Gasteiger partial charge on any atom is -0.395 e. The van der Waals surface area contributed by atoms with Gasteiger partial charge < -0.3 is 14.9 Å². The van der Waals surface area contributed by atoms with Crippen LogP contribution in [0, 0.1) is 0 Å². The van der Waals surface area contributed by atoms with Crippen molar-refractivity contribution in [3.8, 4) is 0 Å². The van der Waals surface area contributed by atoms with Gasteiger partial charge in [0.1, 0.15) is 0 Å². The molecule has 0 bridgehead atoms. The fourth-order valence-electron chi connectivity index (χ4n) is 1.35. The molecule has 0 aliphatic heterocycles. The van der Waals surface area contributed by atoms with Crippen molar-refractivity contribution in [2.45, 2.75) is 6.92 Å². The van der Waals surface area contributed by atoms with Gasteiger partial charge >= 0.3 is 11.8 Å². The average Bonchev–Trinajstić information content (AvgIpc) is 2.34. The molecule has 0 aromatic rings. The van der Waals surface area contributed by atoms with Gasteiger partial charge in [0, 0.05) is 26.2 Å². The Morgan fingerprint density at radius 2 is 1.59 bits per heavy atom. The number of likely N-dealkylation sites (N-methyl/N-ethyl adjacent to an activating group) is 1. The molecule has 0 saturated carbocycles. The molecule has 0 rings (SSSR count). The van der Waals surface area contributed by atoms with Gasteiger partial charge in [-0.1, -0.05) is 12.2 Å². The fraction of sp³-hybridized carbons (Fsp3) is 0.500. The Balaban J connectivity index is 4.66. The predicted molar refractivity (Wildman–Crippen MR) is 66.3 cm³/mol. The van der Waals surface area contributed by atoms with Gasteiger partial charge in [-0.15, -0.1) is 13.2 Å². The number of aliphatic hydroxyl groups is 1. The third-order valence-corrected chi connectivity index (χ3v) is 2.21. The van der Waals surface area contributed by atoms with Crippen LogP contribution >= 0.6 is 0 Å². The molecule has 0 aromatic heterocycles. The second kappa shape index (κ2) is 8.52. The molecule has 0 aromatic carbocycles. The summed E-state index contributed by atoms with van der Waals surface area (Å²) in [6.45, 7) is 9.82. The Kier molecular flexibility index (Phi) is 7.71. The summed E-state index contributed by atoms with van der Waals surface area (Å²) in [5.74, 6) is -1.20. The highest BCUT2D eigenvalue weighted by molar-refractivity contribution is 6.34. The van der Waals surface area contributed by atoms with Crippen LogP contribution in [0.4, 0.5) is 0 Å². The Hall–Kier alpha value is -1.62. The number of rotatable bonds is 7. The van der Waals surface area contributed by atoms with Gasteiger partial charge in [-0.2, -0.15) is 0 Å². The zero-order valence-corrected chi connectivity index (χ0v) is 10.3. The minimum atomic E-state index is -0.606. The lowest BCUT2D eigenvalue weighted by molar-refractivity contribution is -0.151. The SMILES string of the molecule is C=CCN(CC=C)C(=O)C(=O)N(CC)CCO. The first-order valence-electron chi connectivity index (χ1n) is 5.53. The highest BCUT2D eigenvalue weighted by atomic mass is 16.3. The monoisotopic (exact) mass is 240 g/mol. The Morgan fingerprint density at radius 3 is 1.94 bits per heavy atom. The third kappa shape index (κ3) is 4.82. The molecular formula is C12H20N2O3. The zero-order chi connectivity index (χ0) is 13.3. The van der Waals surface area contributed by atoms with Gasteiger partial charge in [-0.05, 0) is 6.92 Å². The van der Waals surface area contributed by atoms with Gasteiger partial charge in [0.15, 0.2) is 0 Å². The van der Waals surface area contributed by atoms with Crippen LogP contribution < -0.4 is 0 Å². The van der Waals surface area contributed by atoms with E-state index >= 15 is 0 Å². The summed E-state index contributed by atoms with van der Waals surface area (Å²) in [7, 11) is 0. The van der Waals surface area contributed by atoms with E-state index in [-0.39, 0.29) is 13.2 Å². The molecule has 0 spiro atoms. The van der Waals surface area contributed by atoms with Crippen LogP contribution in [0.15, 0.2) is 25.3 Å². The number of hydrogen-bond acceptors (Lipinski definition) is 3. The summed E-state index contributed by atoms with van der Waals surface area (Å²) in [6.07, 6.45) is 3.11. The van der Waals surface area contributed by atoms with E-state index in [1.165, 1.54) is 9.80 Å². The quantitative estimate of drug-likeness (QED) is 0.504. The number of aliphatic hydroxyl groups excluding tert-OH is 1. The molecule has 2 amide bonds. The van der Waals surface area contributed by atoms with Gasteiger partial charge in [-0.25, -0.2) is 0 Å². The second-order valence-electron chi connectivity index (χ2n) is 3.40. The van der Waals surface area contributed by atoms with Crippen molar-refractivity contribution in [2.24, 2.45) is 0 Å². The van der Waals surface area contributed by atoms with Crippen LogP contribution in [0.25, 0.3) is 0 Å². The summed E-state index contributed by atoms with van der Waals surface area (Å²) >= 11 is 0. The molecule has 5 heteroatoms. The maximum atomic E-state index is 11.9. The van der Waals surface area contributed by atoms with E-state index in [0.717, 1.165) is 0 Å². The van der Waals surface area contributed by atoms with Crippen LogP contribution in [0.1, 0.15) is 6.92 Å². The van der Waals surface area contributed by atoms with Crippen molar-refractivity contribution in [3.05, 3.63) is 25.3 Å². The number of nitrogens with zero attached hydrogens (tertiary/aromatic N) is 2. The lowest BCUT2D eigenvalue weighted by Gasteiger charge is -2.24. The van der Waals surface area contributed by atoms with Gasteiger partial charge in [0.25, 0.3) is 0 Å². The Bertz CT molecular complexity index is 279. The number of carbonyl (C=O) groups is 2. The van der Waals surface area contributed by atoms with Crippen LogP contribution in [0.2, 0.25) is 0 Å². The van der Waals surface area contributed by atoms with Crippen molar-refractivity contribution in [1.29, 1.82) is 0 Å². The van der Waals surface area contributed by atoms with E-state index in [0.29, 0.717) is 19.6 Å². The topological polar surface area (TPSA) is 60.9 Å². The van der Waals surface area contributed by atoms with Crippen LogP contribution in [-0.2, 0) is 9.59 Å². The van der Waals surface area contributed by atoms with Crippen LogP contribution in [-0.4, -0.2) is 59.5 Å². The first-order valence-corrected chi connectivity index (χ1v) is 5.53. The molecule has 0 unspecified atom stereocenters. The van der Waals surface area contributed by atoms with Crippen molar-refractivity contribution >= 4 is 11.8 Å². The van der Waals surface area contributed by atoms with Crippen LogP contribution in [0.5, 0.6) is 0 Å². The summed E-state index contributed by atoms with van der Waals surface area (Å²) in [5.41, 5.74) is 0. The van der Waals surface area contributed by atoms with E-state index in [1.54, 1.807) is 19.1 Å². The molecule has 0 aliphatic carbocycles. The average molecular weight is 240 g/mol. The first kappa shape index (κ1) is 15.4. The lowest BCUT2D eigenvalue weighted by atomic mass is 10.3. The van der Waals surface area contributed by atoms with Gasteiger partial charge in [-0.3, -0.25) is 9.59 Å². The molecule has 0 radical (unpaired) electrons. The molecule has 17 heavy (non-hydrogen) atoms. The molecule has 0 fully saturated rings. The molecule has 96 valence electrons. The van der Waals surface area contributed by atoms with Crippen molar-refractivity contribution in [2.75, 3.05) is 32.8 Å². The molecule has 0 aliphatic rings. The first-order chi connectivity index (χ1) is 8.12. The number of carbonyl (C=O) groups excluding carboxylic acids is 2. The van der Waals surface area contributed by atoms with E-state index in [2.05, 4.69) is 13.2 Å². The Morgan fingerprint density at radius 1 is 1.12 bits per heavy atom. The molecule has 0 heterocycles. The highest BCUT2D eigenvalue weighted by Gasteiger charge is 2.24. The summed E-state index contributed by atoms with van der Waals surface area (Å²) in [6, 6.07) is 0. The zero-order valence-electron chi connectivity index (χ0n) is 10.3. The molecular weight excluding hydrogens is 220 g/mol. The summed E-state index contributed by atoms with van der Waals surface area (Å²) in [5, 5.41) is 8.79. The Labute approximate surface area is 102 Å². The highest BCUT2D eigenvalue weighted by Crippen LogP contribution is 1.97. The van der Waals surface area contributed by atoms with Crippen molar-refractivity contribution < 1.29 is 14.7 Å². The molecule has 1 N–H and O–H groups in total. The maximum absolute atomic E-state index is 11.9. The van der Waals surface area contributed by atoms with E-state index in [9.17, 15) is 9.59 Å². The standard InChI is InChI=1S/C12H20N2O3/c1-4-7-14(8-5-2)12(17)11(16)13(6-3)9-10-15/h4-5,15H,1-2,6-10H2,3H3. The summed E-state index contributed by atoms with van der Waals surface area (Å²) < 4.78 is 0. The second-order valence-corrected chi connectivity index (χ2v) is 3.40. The maximum Gasteiger partial charge on any atom is 0.312 e. The largest absolute Gasteiger partial charge is 0.395 e. The number of amides is 2. The van der Waals surface area contributed by atoms with E-state index in [4.69, 9.17) is 5.11 Å². The van der Waals surface area contributed by atoms with Crippen molar-refractivity contribution in [3.63, 3.8) is 0 Å². The number of hydrogen-bond donors (Lipinski definition) is 1. The third-order valence-electron chi connectivity index (χ3n) is 2.21. The van der Waals surface area contributed by atoms with E-state index in [1.807, 2.05) is 0 Å². The summed E-state index contributed by atoms with van der Waals surface area (Å²) in [4.78, 5) is 26.3. The predicted octanol–water partition coefficient (Wildman–Crippen LogP) is 0.0278.